The molecule has 12 heavy (non-hydrogen) atoms. The van der Waals surface area contributed by atoms with Crippen LogP contribution in [-0.4, -0.2) is 0 Å². The lowest BCUT2D eigenvalue weighted by molar-refractivity contribution is 0.139. The zero-order chi connectivity index (χ0) is 9.57. The Kier molecular flexibility index (Phi) is 2.35. The Morgan fingerprint density at radius 3 is 1.25 bits per heavy atom. The molecule has 0 N–H and O–H groups in total. The summed E-state index contributed by atoms with van der Waals surface area (Å²) in [5.74, 6) is 0. The van der Waals surface area contributed by atoms with E-state index in [1.165, 1.54) is 0 Å². The Hall–Kier alpha value is 0.0600. The fraction of sp³-hybridized carbons (Fsp3) is 0.600. The van der Waals surface area contributed by atoms with Gasteiger partial charge < -0.3 is 0 Å². The second-order valence-corrected chi connectivity index (χ2v) is 4.73. The van der Waals surface area contributed by atoms with Crippen molar-refractivity contribution in [2.75, 3.05) is 0 Å². The first kappa shape index (κ1) is 10.1. The van der Waals surface area contributed by atoms with Gasteiger partial charge in [0.25, 0.3) is 0 Å². The SMILES string of the molecule is CC1(C)C(=C/Cl)/C(=C/Cl)C1(C)C. The molecule has 1 saturated carbocycles. The summed E-state index contributed by atoms with van der Waals surface area (Å²) in [6, 6.07) is 0. The van der Waals surface area contributed by atoms with Crippen molar-refractivity contribution in [1.29, 1.82) is 0 Å². The molecule has 1 aliphatic carbocycles. The van der Waals surface area contributed by atoms with Crippen LogP contribution in [0.1, 0.15) is 27.7 Å². The van der Waals surface area contributed by atoms with Crippen molar-refractivity contribution < 1.29 is 0 Å². The summed E-state index contributed by atoms with van der Waals surface area (Å²) >= 11 is 11.5. The second kappa shape index (κ2) is 2.78. The standard InChI is InChI=1S/C10H14Cl2/c1-9(2)7(5-11)8(6-12)10(9,3)4/h5-6H,1-4H3/b7-5-,8-6+. The maximum atomic E-state index is 5.73. The van der Waals surface area contributed by atoms with Gasteiger partial charge in [-0.25, -0.2) is 0 Å². The van der Waals surface area contributed by atoms with E-state index >= 15 is 0 Å². The zero-order valence-electron chi connectivity index (χ0n) is 7.91. The molecule has 0 heterocycles. The number of halogens is 2. The van der Waals surface area contributed by atoms with Crippen LogP contribution in [0.25, 0.3) is 0 Å². The van der Waals surface area contributed by atoms with Gasteiger partial charge in [-0.1, -0.05) is 50.9 Å². The van der Waals surface area contributed by atoms with E-state index in [0.29, 0.717) is 0 Å². The molecular formula is C10H14Cl2. The first-order chi connectivity index (χ1) is 5.39. The quantitative estimate of drug-likeness (QED) is 0.553. The zero-order valence-corrected chi connectivity index (χ0v) is 9.42. The van der Waals surface area contributed by atoms with Gasteiger partial charge in [0.1, 0.15) is 0 Å². The number of rotatable bonds is 0. The van der Waals surface area contributed by atoms with Crippen molar-refractivity contribution in [3.05, 3.63) is 22.2 Å². The average molecular weight is 205 g/mol. The fourth-order valence-corrected chi connectivity index (χ4v) is 2.46. The summed E-state index contributed by atoms with van der Waals surface area (Å²) in [5.41, 5.74) is 5.86. The highest BCUT2D eigenvalue weighted by atomic mass is 35.5. The first-order valence-electron chi connectivity index (χ1n) is 4.01. The predicted octanol–water partition coefficient (Wildman–Crippen LogP) is 4.30. The number of hydrogen-bond acceptors (Lipinski definition) is 0. The topological polar surface area (TPSA) is 0 Å². The molecule has 2 heteroatoms. The average Bonchev–Trinajstić information content (AvgIpc) is 1.98. The van der Waals surface area contributed by atoms with Gasteiger partial charge in [-0.2, -0.15) is 0 Å². The van der Waals surface area contributed by atoms with Gasteiger partial charge in [-0.15, -0.1) is 0 Å². The minimum Gasteiger partial charge on any atom is -0.0926 e. The number of allylic oxidation sites excluding steroid dienone is 2. The molecule has 0 saturated heterocycles. The lowest BCUT2D eigenvalue weighted by atomic mass is 9.48. The Morgan fingerprint density at radius 2 is 1.08 bits per heavy atom. The molecule has 0 aromatic rings. The lowest BCUT2D eigenvalue weighted by Crippen LogP contribution is -2.47. The van der Waals surface area contributed by atoms with Crippen LogP contribution in [0.3, 0.4) is 0 Å². The summed E-state index contributed by atoms with van der Waals surface area (Å²) in [6.45, 7) is 8.74. The van der Waals surface area contributed by atoms with E-state index in [-0.39, 0.29) is 10.8 Å². The van der Waals surface area contributed by atoms with Crippen molar-refractivity contribution in [3.63, 3.8) is 0 Å². The van der Waals surface area contributed by atoms with E-state index in [0.717, 1.165) is 11.1 Å². The van der Waals surface area contributed by atoms with Gasteiger partial charge in [0, 0.05) is 21.9 Å². The third-order valence-electron chi connectivity index (χ3n) is 3.42. The molecule has 0 radical (unpaired) electrons. The van der Waals surface area contributed by atoms with Crippen LogP contribution >= 0.6 is 23.2 Å². The molecule has 0 bridgehead atoms. The Labute approximate surface area is 84.2 Å². The van der Waals surface area contributed by atoms with Crippen LogP contribution in [0.4, 0.5) is 0 Å². The predicted molar refractivity (Wildman–Crippen MR) is 55.4 cm³/mol. The largest absolute Gasteiger partial charge is 0.0926 e. The van der Waals surface area contributed by atoms with Crippen LogP contribution in [0, 0.1) is 10.8 Å². The van der Waals surface area contributed by atoms with Gasteiger partial charge >= 0.3 is 0 Å². The molecule has 0 aromatic heterocycles. The minimum absolute atomic E-state index is 0.134. The molecule has 0 amide bonds. The summed E-state index contributed by atoms with van der Waals surface area (Å²) in [6.07, 6.45) is 0. The molecule has 0 aromatic carbocycles. The van der Waals surface area contributed by atoms with Crippen molar-refractivity contribution in [3.8, 4) is 0 Å². The van der Waals surface area contributed by atoms with E-state index in [1.807, 2.05) is 0 Å². The summed E-state index contributed by atoms with van der Waals surface area (Å²) in [5, 5.41) is 0. The molecule has 0 unspecified atom stereocenters. The Morgan fingerprint density at radius 1 is 0.833 bits per heavy atom. The highest BCUT2D eigenvalue weighted by molar-refractivity contribution is 6.28. The third kappa shape index (κ3) is 0.978. The van der Waals surface area contributed by atoms with Gasteiger partial charge in [0.05, 0.1) is 0 Å². The second-order valence-electron chi connectivity index (χ2n) is 4.30. The molecule has 1 fully saturated rings. The van der Waals surface area contributed by atoms with E-state index in [4.69, 9.17) is 23.2 Å². The monoisotopic (exact) mass is 204 g/mol. The summed E-state index contributed by atoms with van der Waals surface area (Å²) in [4.78, 5) is 0. The Balaban J connectivity index is 3.15. The maximum Gasteiger partial charge on any atom is 0.00836 e. The van der Waals surface area contributed by atoms with E-state index < -0.39 is 0 Å². The molecule has 68 valence electrons. The van der Waals surface area contributed by atoms with E-state index in [9.17, 15) is 0 Å². The van der Waals surface area contributed by atoms with E-state index in [1.54, 1.807) is 11.1 Å². The van der Waals surface area contributed by atoms with Crippen molar-refractivity contribution in [1.82, 2.24) is 0 Å². The molecule has 0 spiro atoms. The Bertz CT molecular complexity index is 229. The molecule has 0 atom stereocenters. The smallest absolute Gasteiger partial charge is 0.00836 e. The van der Waals surface area contributed by atoms with Gasteiger partial charge in [-0.05, 0) is 11.1 Å². The van der Waals surface area contributed by atoms with Crippen molar-refractivity contribution in [2.45, 2.75) is 27.7 Å². The maximum absolute atomic E-state index is 5.73. The van der Waals surface area contributed by atoms with E-state index in [2.05, 4.69) is 27.7 Å². The lowest BCUT2D eigenvalue weighted by Gasteiger charge is -2.56. The van der Waals surface area contributed by atoms with Crippen LogP contribution < -0.4 is 0 Å². The summed E-state index contributed by atoms with van der Waals surface area (Å²) < 4.78 is 0. The molecule has 1 aliphatic rings. The molecule has 1 rings (SSSR count). The van der Waals surface area contributed by atoms with Crippen LogP contribution in [0.5, 0.6) is 0 Å². The molecule has 0 aliphatic heterocycles. The normalized spacial score (nSPS) is 32.2. The molecular weight excluding hydrogens is 191 g/mol. The van der Waals surface area contributed by atoms with Crippen molar-refractivity contribution >= 4 is 23.2 Å². The van der Waals surface area contributed by atoms with Gasteiger partial charge in [-0.3, -0.25) is 0 Å². The van der Waals surface area contributed by atoms with Gasteiger partial charge in [0.2, 0.25) is 0 Å². The van der Waals surface area contributed by atoms with Gasteiger partial charge in [0.15, 0.2) is 0 Å². The first-order valence-corrected chi connectivity index (χ1v) is 4.89. The highest BCUT2D eigenvalue weighted by Gasteiger charge is 2.54. The highest BCUT2D eigenvalue weighted by Crippen LogP contribution is 2.63. The number of hydrogen-bond donors (Lipinski definition) is 0. The van der Waals surface area contributed by atoms with Crippen LogP contribution in [-0.2, 0) is 0 Å². The van der Waals surface area contributed by atoms with Crippen LogP contribution in [0.15, 0.2) is 22.2 Å². The fourth-order valence-electron chi connectivity index (χ4n) is 1.67. The third-order valence-corrected chi connectivity index (χ3v) is 3.85. The molecule has 0 nitrogen and oxygen atoms in total. The minimum atomic E-state index is 0.134. The van der Waals surface area contributed by atoms with Crippen LogP contribution in [0.2, 0.25) is 0 Å². The van der Waals surface area contributed by atoms with Crippen molar-refractivity contribution in [2.24, 2.45) is 10.8 Å². The summed E-state index contributed by atoms with van der Waals surface area (Å²) in [7, 11) is 0.